The van der Waals surface area contributed by atoms with Gasteiger partial charge in [0.1, 0.15) is 21.3 Å². The number of esters is 1. The second kappa shape index (κ2) is 8.14. The van der Waals surface area contributed by atoms with Gasteiger partial charge in [-0.3, -0.25) is 0 Å². The lowest BCUT2D eigenvalue weighted by Gasteiger charge is -2.21. The Hall–Kier alpha value is -1.99. The number of nitrogens with one attached hydrogen (secondary N) is 1. The zero-order chi connectivity index (χ0) is 18.7. The summed E-state index contributed by atoms with van der Waals surface area (Å²) in [6.45, 7) is 4.79. The fourth-order valence-electron chi connectivity index (χ4n) is 3.15. The highest BCUT2D eigenvalue weighted by Gasteiger charge is 2.23. The molecule has 0 bridgehead atoms. The number of anilines is 1. The number of allylic oxidation sites excluding steroid dienone is 1. The molecule has 0 fully saturated rings. The number of hydrogen-bond acceptors (Lipinski definition) is 7. The van der Waals surface area contributed by atoms with Gasteiger partial charge in [-0.2, -0.15) is 0 Å². The molecular formula is C19H26N4O2S. The van der Waals surface area contributed by atoms with Gasteiger partial charge in [0.25, 0.3) is 0 Å². The lowest BCUT2D eigenvalue weighted by Crippen LogP contribution is -2.22. The average molecular weight is 375 g/mol. The number of aromatic nitrogens is 2. The van der Waals surface area contributed by atoms with Crippen LogP contribution in [0, 0.1) is 6.92 Å². The Bertz CT molecular complexity index is 829. The van der Waals surface area contributed by atoms with E-state index in [-0.39, 0.29) is 5.97 Å². The van der Waals surface area contributed by atoms with Crippen LogP contribution in [-0.4, -0.2) is 47.6 Å². The molecular weight excluding hydrogens is 348 g/mol. The Morgan fingerprint density at radius 2 is 2.19 bits per heavy atom. The number of carbonyl (C=O) groups excluding carboxylic acids is 1. The van der Waals surface area contributed by atoms with Crippen LogP contribution in [0.1, 0.15) is 47.2 Å². The molecule has 0 radical (unpaired) electrons. The molecule has 0 saturated carbocycles. The van der Waals surface area contributed by atoms with Crippen molar-refractivity contribution in [3.63, 3.8) is 0 Å². The van der Waals surface area contributed by atoms with Crippen molar-refractivity contribution >= 4 is 33.3 Å². The van der Waals surface area contributed by atoms with Crippen LogP contribution in [0.4, 0.5) is 5.82 Å². The maximum absolute atomic E-state index is 12.3. The molecule has 1 aliphatic carbocycles. The summed E-state index contributed by atoms with van der Waals surface area (Å²) in [5.41, 5.74) is 0.897. The zero-order valence-electron chi connectivity index (χ0n) is 15.8. The first-order valence-electron chi connectivity index (χ1n) is 9.03. The topological polar surface area (TPSA) is 67.3 Å². The summed E-state index contributed by atoms with van der Waals surface area (Å²) >= 11 is 1.39. The molecule has 1 N–H and O–H groups in total. The van der Waals surface area contributed by atoms with Crippen molar-refractivity contribution in [2.45, 2.75) is 45.7 Å². The third-order valence-electron chi connectivity index (χ3n) is 4.36. The molecule has 2 aromatic rings. The summed E-state index contributed by atoms with van der Waals surface area (Å²) in [4.78, 5) is 25.3. The number of fused-ring (bicyclic) bond motifs is 1. The Labute approximate surface area is 158 Å². The molecule has 2 aromatic heterocycles. The van der Waals surface area contributed by atoms with E-state index in [4.69, 9.17) is 14.7 Å². The van der Waals surface area contributed by atoms with E-state index in [9.17, 15) is 4.79 Å². The maximum atomic E-state index is 12.3. The Balaban J connectivity index is 2.05. The molecule has 26 heavy (non-hydrogen) atoms. The third kappa shape index (κ3) is 4.04. The molecule has 1 atom stereocenters. The van der Waals surface area contributed by atoms with E-state index in [0.717, 1.165) is 46.7 Å². The SMILES string of the molecule is CCOC(=O)c1sc2nc(CN(C)C)nc(NC3CC=CCC3)c2c1C. The van der Waals surface area contributed by atoms with Crippen molar-refractivity contribution in [2.24, 2.45) is 0 Å². The van der Waals surface area contributed by atoms with Crippen LogP contribution in [0.25, 0.3) is 10.2 Å². The van der Waals surface area contributed by atoms with Crippen LogP contribution in [-0.2, 0) is 11.3 Å². The van der Waals surface area contributed by atoms with E-state index < -0.39 is 0 Å². The van der Waals surface area contributed by atoms with E-state index in [1.165, 1.54) is 11.3 Å². The maximum Gasteiger partial charge on any atom is 0.348 e. The number of ether oxygens (including phenoxy) is 1. The molecule has 7 heteroatoms. The minimum atomic E-state index is -0.284. The molecule has 0 aliphatic heterocycles. The van der Waals surface area contributed by atoms with Gasteiger partial charge in [0.15, 0.2) is 0 Å². The first-order valence-corrected chi connectivity index (χ1v) is 9.84. The normalized spacial score (nSPS) is 17.0. The molecule has 1 aliphatic rings. The molecule has 2 heterocycles. The molecule has 0 amide bonds. The summed E-state index contributed by atoms with van der Waals surface area (Å²) in [5.74, 6) is 1.30. The fourth-order valence-corrected chi connectivity index (χ4v) is 4.24. The van der Waals surface area contributed by atoms with Crippen molar-refractivity contribution < 1.29 is 9.53 Å². The van der Waals surface area contributed by atoms with Crippen molar-refractivity contribution in [3.8, 4) is 0 Å². The first-order chi connectivity index (χ1) is 12.5. The van der Waals surface area contributed by atoms with Crippen molar-refractivity contribution in [1.29, 1.82) is 0 Å². The molecule has 0 saturated heterocycles. The molecule has 0 aromatic carbocycles. The van der Waals surface area contributed by atoms with Crippen LogP contribution >= 0.6 is 11.3 Å². The zero-order valence-corrected chi connectivity index (χ0v) is 16.7. The number of thiophene rings is 1. The standard InChI is InChI=1S/C19H26N4O2S/c1-5-25-19(24)16-12(2)15-17(20-13-9-7-6-8-10-13)21-14(11-23(3)4)22-18(15)26-16/h6-7,13H,5,8-11H2,1-4H3,(H,20,21,22). The van der Waals surface area contributed by atoms with Gasteiger partial charge in [-0.05, 0) is 52.8 Å². The van der Waals surface area contributed by atoms with Gasteiger partial charge in [-0.1, -0.05) is 12.2 Å². The lowest BCUT2D eigenvalue weighted by atomic mass is 10.0. The van der Waals surface area contributed by atoms with Gasteiger partial charge in [-0.25, -0.2) is 14.8 Å². The number of hydrogen-bond donors (Lipinski definition) is 1. The van der Waals surface area contributed by atoms with Crippen LogP contribution in [0.15, 0.2) is 12.2 Å². The van der Waals surface area contributed by atoms with E-state index in [0.29, 0.717) is 24.1 Å². The molecule has 1 unspecified atom stereocenters. The fraction of sp³-hybridized carbons (Fsp3) is 0.526. The van der Waals surface area contributed by atoms with Gasteiger partial charge < -0.3 is 15.0 Å². The Morgan fingerprint density at radius 1 is 1.38 bits per heavy atom. The van der Waals surface area contributed by atoms with Crippen LogP contribution in [0.2, 0.25) is 0 Å². The van der Waals surface area contributed by atoms with E-state index in [1.54, 1.807) is 0 Å². The highest BCUT2D eigenvalue weighted by Crippen LogP contribution is 2.35. The van der Waals surface area contributed by atoms with Crippen LogP contribution in [0.5, 0.6) is 0 Å². The number of nitrogens with zero attached hydrogens (tertiary/aromatic N) is 3. The number of carbonyl (C=O) groups is 1. The summed E-state index contributed by atoms with van der Waals surface area (Å²) in [5, 5.41) is 4.54. The average Bonchev–Trinajstić information content (AvgIpc) is 2.92. The predicted molar refractivity (Wildman–Crippen MR) is 106 cm³/mol. The molecule has 6 nitrogen and oxygen atoms in total. The number of aryl methyl sites for hydroxylation is 1. The van der Waals surface area contributed by atoms with E-state index >= 15 is 0 Å². The van der Waals surface area contributed by atoms with Gasteiger partial charge in [0, 0.05) is 6.04 Å². The van der Waals surface area contributed by atoms with Crippen LogP contribution < -0.4 is 5.32 Å². The van der Waals surface area contributed by atoms with E-state index in [1.807, 2.05) is 32.8 Å². The first kappa shape index (κ1) is 18.8. The summed E-state index contributed by atoms with van der Waals surface area (Å²) in [7, 11) is 3.99. The largest absolute Gasteiger partial charge is 0.462 e. The van der Waals surface area contributed by atoms with Crippen molar-refractivity contribution in [1.82, 2.24) is 14.9 Å². The monoisotopic (exact) mass is 374 g/mol. The molecule has 0 spiro atoms. The minimum absolute atomic E-state index is 0.284. The second-order valence-corrected chi connectivity index (χ2v) is 7.81. The van der Waals surface area contributed by atoms with E-state index in [2.05, 4.69) is 17.5 Å². The number of rotatable bonds is 6. The smallest absolute Gasteiger partial charge is 0.348 e. The summed E-state index contributed by atoms with van der Waals surface area (Å²) in [6.07, 6.45) is 7.58. The van der Waals surface area contributed by atoms with Gasteiger partial charge >= 0.3 is 5.97 Å². The van der Waals surface area contributed by atoms with Crippen LogP contribution in [0.3, 0.4) is 0 Å². The summed E-state index contributed by atoms with van der Waals surface area (Å²) < 4.78 is 5.21. The van der Waals surface area contributed by atoms with Gasteiger partial charge in [0.2, 0.25) is 0 Å². The quantitative estimate of drug-likeness (QED) is 0.613. The lowest BCUT2D eigenvalue weighted by molar-refractivity contribution is 0.0531. The van der Waals surface area contributed by atoms with Gasteiger partial charge in [-0.15, -0.1) is 11.3 Å². The predicted octanol–water partition coefficient (Wildman–Crippen LogP) is 3.76. The molecule has 3 rings (SSSR count). The Kier molecular flexibility index (Phi) is 5.88. The molecule has 140 valence electrons. The highest BCUT2D eigenvalue weighted by molar-refractivity contribution is 7.20. The highest BCUT2D eigenvalue weighted by atomic mass is 32.1. The third-order valence-corrected chi connectivity index (χ3v) is 5.53. The second-order valence-electron chi connectivity index (χ2n) is 6.81. The summed E-state index contributed by atoms with van der Waals surface area (Å²) in [6, 6.07) is 0.357. The minimum Gasteiger partial charge on any atom is -0.462 e. The van der Waals surface area contributed by atoms with Crippen molar-refractivity contribution in [2.75, 3.05) is 26.0 Å². The Morgan fingerprint density at radius 3 is 2.85 bits per heavy atom. The van der Waals surface area contributed by atoms with Gasteiger partial charge in [0.05, 0.1) is 18.5 Å². The van der Waals surface area contributed by atoms with Crippen molar-refractivity contribution in [3.05, 3.63) is 28.4 Å².